The quantitative estimate of drug-likeness (QED) is 0.661. The van der Waals surface area contributed by atoms with Crippen molar-refractivity contribution < 1.29 is 17.4 Å². The van der Waals surface area contributed by atoms with E-state index >= 15 is 0 Å². The van der Waals surface area contributed by atoms with Gasteiger partial charge in [0.05, 0.1) is 16.4 Å². The third kappa shape index (κ3) is 3.03. The van der Waals surface area contributed by atoms with Gasteiger partial charge in [-0.25, -0.2) is 15.0 Å². The standard InChI is InChI=1S/C18H20F3N5OS/c1-4-28(27)17-14(24-13-7-10(2)5-6-26(13)17)16-23-12-8-11(18(19,20)21)9-22-15(12)25(16)3/h8-10H,4-7H2,1-3H3. The number of pyridine rings is 1. The van der Waals surface area contributed by atoms with Crippen LogP contribution in [0.1, 0.15) is 31.7 Å². The number of aryl methyl sites for hydroxylation is 1. The maximum Gasteiger partial charge on any atom is 0.417 e. The van der Waals surface area contributed by atoms with Crippen LogP contribution in [-0.2, 0) is 37.0 Å². The van der Waals surface area contributed by atoms with Crippen LogP contribution in [0.4, 0.5) is 13.2 Å². The van der Waals surface area contributed by atoms with Gasteiger partial charge in [0.15, 0.2) is 11.5 Å². The molecule has 10 heteroatoms. The number of rotatable bonds is 3. The molecule has 1 aliphatic rings. The summed E-state index contributed by atoms with van der Waals surface area (Å²) < 4.78 is 55.5. The Morgan fingerprint density at radius 2 is 2.07 bits per heavy atom. The fourth-order valence-corrected chi connectivity index (χ4v) is 4.66. The summed E-state index contributed by atoms with van der Waals surface area (Å²) in [6.07, 6.45) is -1.94. The molecule has 2 atom stereocenters. The third-order valence-electron chi connectivity index (χ3n) is 5.10. The van der Waals surface area contributed by atoms with Gasteiger partial charge in [-0.2, -0.15) is 13.2 Å². The molecule has 28 heavy (non-hydrogen) atoms. The topological polar surface area (TPSA) is 65.6 Å². The Hall–Kier alpha value is -2.23. The van der Waals surface area contributed by atoms with Crippen molar-refractivity contribution in [1.29, 1.82) is 0 Å². The summed E-state index contributed by atoms with van der Waals surface area (Å²) in [6, 6.07) is 0.986. The zero-order chi connectivity index (χ0) is 20.2. The minimum Gasteiger partial charge on any atom is -0.321 e. The van der Waals surface area contributed by atoms with E-state index in [1.165, 1.54) is 0 Å². The van der Waals surface area contributed by atoms with Crippen molar-refractivity contribution in [1.82, 2.24) is 24.1 Å². The zero-order valence-electron chi connectivity index (χ0n) is 15.7. The number of hydrogen-bond acceptors (Lipinski definition) is 4. The van der Waals surface area contributed by atoms with Crippen molar-refractivity contribution in [3.63, 3.8) is 0 Å². The van der Waals surface area contributed by atoms with Crippen LogP contribution in [0.3, 0.4) is 0 Å². The van der Waals surface area contributed by atoms with E-state index < -0.39 is 22.5 Å². The van der Waals surface area contributed by atoms with Crippen LogP contribution < -0.4 is 0 Å². The molecule has 0 fully saturated rings. The number of fused-ring (bicyclic) bond motifs is 2. The van der Waals surface area contributed by atoms with Crippen molar-refractivity contribution in [2.75, 3.05) is 5.75 Å². The lowest BCUT2D eigenvalue weighted by Gasteiger charge is -2.21. The van der Waals surface area contributed by atoms with Crippen molar-refractivity contribution in [2.24, 2.45) is 13.0 Å². The lowest BCUT2D eigenvalue weighted by molar-refractivity contribution is -0.137. The molecule has 0 saturated heterocycles. The number of aromatic nitrogens is 5. The summed E-state index contributed by atoms with van der Waals surface area (Å²) in [5.74, 6) is 2.13. The third-order valence-corrected chi connectivity index (χ3v) is 6.47. The molecule has 6 nitrogen and oxygen atoms in total. The molecule has 150 valence electrons. The Morgan fingerprint density at radius 1 is 1.32 bits per heavy atom. The molecule has 4 heterocycles. The Bertz CT molecular complexity index is 1090. The number of alkyl halides is 3. The SMILES string of the molecule is CCS(=O)c1c(-c2nc3cc(C(F)(F)F)cnc3n2C)nc2n1CCC(C)C2. The van der Waals surface area contributed by atoms with Crippen molar-refractivity contribution in [2.45, 2.75) is 44.4 Å². The van der Waals surface area contributed by atoms with E-state index in [-0.39, 0.29) is 5.52 Å². The number of hydrogen-bond donors (Lipinski definition) is 0. The second-order valence-corrected chi connectivity index (χ2v) is 8.78. The highest BCUT2D eigenvalue weighted by molar-refractivity contribution is 7.85. The maximum atomic E-state index is 13.0. The predicted octanol–water partition coefficient (Wildman–Crippen LogP) is 3.56. The van der Waals surface area contributed by atoms with Gasteiger partial charge in [-0.3, -0.25) is 4.21 Å². The first-order valence-corrected chi connectivity index (χ1v) is 10.4. The van der Waals surface area contributed by atoms with Crippen LogP contribution >= 0.6 is 0 Å². The van der Waals surface area contributed by atoms with Crippen LogP contribution in [0.25, 0.3) is 22.7 Å². The van der Waals surface area contributed by atoms with Crippen LogP contribution in [0, 0.1) is 5.92 Å². The van der Waals surface area contributed by atoms with Gasteiger partial charge in [0.25, 0.3) is 0 Å². The van der Waals surface area contributed by atoms with Gasteiger partial charge < -0.3 is 9.13 Å². The lowest BCUT2D eigenvalue weighted by atomic mass is 10.0. The van der Waals surface area contributed by atoms with Gasteiger partial charge in [0.2, 0.25) is 0 Å². The molecule has 4 rings (SSSR count). The molecule has 0 spiro atoms. The van der Waals surface area contributed by atoms with Gasteiger partial charge in [-0.05, 0) is 18.4 Å². The minimum absolute atomic E-state index is 0.139. The normalized spacial score (nSPS) is 18.4. The molecule has 2 unspecified atom stereocenters. The van der Waals surface area contributed by atoms with E-state index in [4.69, 9.17) is 4.98 Å². The Balaban J connectivity index is 1.92. The molecule has 0 saturated carbocycles. The molecular weight excluding hydrogens is 391 g/mol. The summed E-state index contributed by atoms with van der Waals surface area (Å²) in [4.78, 5) is 13.0. The predicted molar refractivity (Wildman–Crippen MR) is 99.2 cm³/mol. The van der Waals surface area contributed by atoms with E-state index in [1.807, 2.05) is 11.5 Å². The van der Waals surface area contributed by atoms with E-state index in [0.29, 0.717) is 33.9 Å². The molecule has 0 aliphatic carbocycles. The monoisotopic (exact) mass is 411 g/mol. The highest BCUT2D eigenvalue weighted by Crippen LogP contribution is 2.34. The van der Waals surface area contributed by atoms with E-state index in [1.54, 1.807) is 11.6 Å². The number of imidazole rings is 2. The molecule has 0 radical (unpaired) electrons. The molecule has 0 aromatic carbocycles. The van der Waals surface area contributed by atoms with Crippen molar-refractivity contribution in [3.8, 4) is 11.5 Å². The van der Waals surface area contributed by atoms with Crippen molar-refractivity contribution in [3.05, 3.63) is 23.7 Å². The van der Waals surface area contributed by atoms with Gasteiger partial charge in [-0.1, -0.05) is 13.8 Å². The molecule has 3 aromatic heterocycles. The molecule has 3 aromatic rings. The number of nitrogens with zero attached hydrogens (tertiary/aromatic N) is 5. The van der Waals surface area contributed by atoms with Crippen LogP contribution in [0.2, 0.25) is 0 Å². The smallest absolute Gasteiger partial charge is 0.321 e. The summed E-state index contributed by atoms with van der Waals surface area (Å²) in [6.45, 7) is 4.70. The first-order chi connectivity index (χ1) is 13.2. The Morgan fingerprint density at radius 3 is 2.75 bits per heavy atom. The maximum absolute atomic E-state index is 13.0. The summed E-state index contributed by atoms with van der Waals surface area (Å²) in [5, 5.41) is 0.596. The Kier molecular flexibility index (Phi) is 4.56. The largest absolute Gasteiger partial charge is 0.417 e. The highest BCUT2D eigenvalue weighted by Gasteiger charge is 2.33. The van der Waals surface area contributed by atoms with Gasteiger partial charge in [0.1, 0.15) is 22.1 Å². The highest BCUT2D eigenvalue weighted by atomic mass is 32.2. The first-order valence-electron chi connectivity index (χ1n) is 9.08. The Labute approximate surface area is 162 Å². The van der Waals surface area contributed by atoms with E-state index in [9.17, 15) is 17.4 Å². The second-order valence-electron chi connectivity index (χ2n) is 7.12. The summed E-state index contributed by atoms with van der Waals surface area (Å²) in [7, 11) is 0.411. The molecule has 0 amide bonds. The van der Waals surface area contributed by atoms with Gasteiger partial charge >= 0.3 is 6.18 Å². The van der Waals surface area contributed by atoms with Crippen LogP contribution in [0.5, 0.6) is 0 Å². The van der Waals surface area contributed by atoms with Gasteiger partial charge in [-0.15, -0.1) is 0 Å². The van der Waals surface area contributed by atoms with Crippen LogP contribution in [0.15, 0.2) is 17.3 Å². The average molecular weight is 411 g/mol. The fraction of sp³-hybridized carbons (Fsp3) is 0.500. The molecular formula is C18H20F3N5OS. The lowest BCUT2D eigenvalue weighted by Crippen LogP contribution is -2.19. The van der Waals surface area contributed by atoms with Gasteiger partial charge in [0, 0.05) is 32.0 Å². The first kappa shape index (κ1) is 19.1. The average Bonchev–Trinajstić information content (AvgIpc) is 3.17. The zero-order valence-corrected chi connectivity index (χ0v) is 16.6. The summed E-state index contributed by atoms with van der Waals surface area (Å²) >= 11 is 0. The summed E-state index contributed by atoms with van der Waals surface area (Å²) in [5.41, 5.74) is 0.0915. The van der Waals surface area contributed by atoms with E-state index in [0.717, 1.165) is 37.5 Å². The number of halogens is 3. The molecule has 1 aliphatic heterocycles. The van der Waals surface area contributed by atoms with Crippen molar-refractivity contribution >= 4 is 22.0 Å². The molecule has 0 N–H and O–H groups in total. The van der Waals surface area contributed by atoms with Crippen LogP contribution in [-0.4, -0.2) is 34.0 Å². The minimum atomic E-state index is -4.49. The molecule has 0 bridgehead atoms. The fourth-order valence-electron chi connectivity index (χ4n) is 3.59. The van der Waals surface area contributed by atoms with E-state index in [2.05, 4.69) is 16.9 Å². The second kappa shape index (κ2) is 6.68.